The van der Waals surface area contributed by atoms with Crippen LogP contribution in [0.4, 0.5) is 92.2 Å². The first-order chi connectivity index (χ1) is 22.7. The number of aliphatic hydroxyl groups is 2. The molecule has 3 rings (SSSR count). The number of hydrogen-bond donors (Lipinski definition) is 2. The molecule has 0 aromatic rings. The monoisotopic (exact) mass is 812 g/mol. The third-order valence-corrected chi connectivity index (χ3v) is 12.2. The van der Waals surface area contributed by atoms with Gasteiger partial charge in [-0.1, -0.05) is 13.8 Å². The summed E-state index contributed by atoms with van der Waals surface area (Å²) < 4.78 is 294. The van der Waals surface area contributed by atoms with Crippen LogP contribution in [0, 0.1) is 52.3 Å². The zero-order valence-corrected chi connectivity index (χ0v) is 26.7. The molecule has 3 fully saturated rings. The first-order valence-electron chi connectivity index (χ1n) is 15.7. The van der Waals surface area contributed by atoms with Gasteiger partial charge in [0.05, 0.1) is 5.41 Å². The van der Waals surface area contributed by atoms with E-state index in [1.807, 2.05) is 0 Å². The highest BCUT2D eigenvalue weighted by Gasteiger charge is 2.79. The van der Waals surface area contributed by atoms with Gasteiger partial charge in [-0.25, -0.2) is 0 Å². The predicted octanol–water partition coefficient (Wildman–Crippen LogP) is 11.3. The number of rotatable bonds is 8. The molecular weight excluding hydrogens is 779 g/mol. The van der Waals surface area contributed by atoms with Gasteiger partial charge in [0.15, 0.2) is 5.41 Å². The average molecular weight is 813 g/mol. The minimum atomic E-state index is -6.70. The van der Waals surface area contributed by atoms with Gasteiger partial charge >= 0.3 is 43.2 Å². The molecule has 2 N–H and O–H groups in total. The fourth-order valence-electron chi connectivity index (χ4n) is 9.26. The Balaban J connectivity index is 2.07. The molecule has 0 radical (unpaired) electrons. The van der Waals surface area contributed by atoms with Crippen LogP contribution >= 0.6 is 0 Å². The SMILES string of the molecule is CC1C2CC(CC(O)(C(F)(F)F)C(F)(F)F)C(C2)C1CC(C)(CC(C1CCC(C(O)(C(F)(F)F)C(F)(F)F)CC1)(C(F)(F)F)C(F)(F)F)C(F)(F)F. The first-order valence-corrected chi connectivity index (χ1v) is 15.7. The molecule has 0 spiro atoms. The van der Waals surface area contributed by atoms with Gasteiger partial charge in [0.2, 0.25) is 0 Å². The lowest BCUT2D eigenvalue weighted by atomic mass is 9.56. The Labute approximate surface area is 281 Å². The molecule has 6 atom stereocenters. The summed E-state index contributed by atoms with van der Waals surface area (Å²) in [7, 11) is 0. The maximum Gasteiger partial charge on any atom is 0.426 e. The highest BCUT2D eigenvalue weighted by atomic mass is 19.4. The molecule has 0 saturated heterocycles. The number of alkyl halides is 21. The van der Waals surface area contributed by atoms with Crippen LogP contribution in [0.1, 0.15) is 71.6 Å². The Morgan fingerprint density at radius 3 is 1.23 bits per heavy atom. The molecule has 3 aliphatic rings. The van der Waals surface area contributed by atoms with Crippen LogP contribution in [0.25, 0.3) is 0 Å². The number of fused-ring (bicyclic) bond motifs is 2. The Kier molecular flexibility index (Phi) is 11.2. The molecule has 0 aromatic carbocycles. The van der Waals surface area contributed by atoms with E-state index in [2.05, 4.69) is 0 Å². The Bertz CT molecular complexity index is 1200. The van der Waals surface area contributed by atoms with Gasteiger partial charge in [-0.15, -0.1) is 0 Å². The summed E-state index contributed by atoms with van der Waals surface area (Å²) in [4.78, 5) is 0. The van der Waals surface area contributed by atoms with Crippen molar-refractivity contribution in [2.24, 2.45) is 52.3 Å². The number of halogens is 21. The van der Waals surface area contributed by atoms with Crippen LogP contribution in [-0.2, 0) is 0 Å². The zero-order valence-electron chi connectivity index (χ0n) is 26.7. The summed E-state index contributed by atoms with van der Waals surface area (Å²) in [6, 6.07) is 0. The van der Waals surface area contributed by atoms with Gasteiger partial charge < -0.3 is 10.2 Å². The number of hydrogen-bond acceptors (Lipinski definition) is 2. The third-order valence-electron chi connectivity index (χ3n) is 12.2. The highest BCUT2D eigenvalue weighted by molar-refractivity contribution is 5.10. The molecule has 23 heteroatoms. The fraction of sp³-hybridized carbons (Fsp3) is 1.00. The maximum absolute atomic E-state index is 14.8. The lowest BCUT2D eigenvalue weighted by Gasteiger charge is -2.52. The summed E-state index contributed by atoms with van der Waals surface area (Å²) in [5.41, 5.74) is -20.5. The molecule has 0 aromatic heterocycles. The van der Waals surface area contributed by atoms with Crippen molar-refractivity contribution >= 4 is 0 Å². The standard InChI is InChI=1S/C29H33F21O2/c1-12-13-7-14(9-21(51,26(39,40)41)27(42,43)44)17(8-13)18(12)10-19(2,23(30,31)32)11-20(24(33,34)35,25(36,37)38)15-3-5-16(6-4-15)22(52,28(45,46)47)29(48,49)50/h12-18,51-52H,3-11H2,1-2H3. The van der Waals surface area contributed by atoms with Crippen molar-refractivity contribution in [3.63, 3.8) is 0 Å². The van der Waals surface area contributed by atoms with Crippen LogP contribution in [0.5, 0.6) is 0 Å². The second kappa shape index (κ2) is 13.0. The van der Waals surface area contributed by atoms with Crippen LogP contribution in [0.15, 0.2) is 0 Å². The normalized spacial score (nSPS) is 30.5. The van der Waals surface area contributed by atoms with E-state index in [4.69, 9.17) is 0 Å². The Hall–Kier alpha value is -1.55. The molecule has 0 aliphatic heterocycles. The van der Waals surface area contributed by atoms with Crippen LogP contribution < -0.4 is 0 Å². The van der Waals surface area contributed by atoms with E-state index in [9.17, 15) is 102 Å². The molecular formula is C29H33F21O2. The van der Waals surface area contributed by atoms with E-state index < -0.39 is 158 Å². The summed E-state index contributed by atoms with van der Waals surface area (Å²) in [6.07, 6.45) is -60.0. The quantitative estimate of drug-likeness (QED) is 0.240. The highest BCUT2D eigenvalue weighted by Crippen LogP contribution is 2.69. The Morgan fingerprint density at radius 2 is 0.904 bits per heavy atom. The van der Waals surface area contributed by atoms with Gasteiger partial charge in [0.25, 0.3) is 11.2 Å². The zero-order chi connectivity index (χ0) is 40.9. The third kappa shape index (κ3) is 7.16. The van der Waals surface area contributed by atoms with Gasteiger partial charge in [-0.2, -0.15) is 92.2 Å². The van der Waals surface area contributed by atoms with E-state index in [1.54, 1.807) is 0 Å². The topological polar surface area (TPSA) is 40.5 Å². The summed E-state index contributed by atoms with van der Waals surface area (Å²) in [5, 5.41) is 19.3. The summed E-state index contributed by atoms with van der Waals surface area (Å²) in [5.74, 6) is -13.3. The van der Waals surface area contributed by atoms with Gasteiger partial charge in [-0.05, 0) is 93.3 Å². The van der Waals surface area contributed by atoms with Crippen molar-refractivity contribution in [1.29, 1.82) is 0 Å². The molecule has 0 amide bonds. The summed E-state index contributed by atoms with van der Waals surface area (Å²) >= 11 is 0. The van der Waals surface area contributed by atoms with Crippen LogP contribution in [0.3, 0.4) is 0 Å². The molecule has 2 nitrogen and oxygen atoms in total. The van der Waals surface area contributed by atoms with Crippen molar-refractivity contribution in [1.82, 2.24) is 0 Å². The largest absolute Gasteiger partial charge is 0.426 e. The molecule has 6 unspecified atom stereocenters. The fourth-order valence-corrected chi connectivity index (χ4v) is 9.26. The van der Waals surface area contributed by atoms with Crippen molar-refractivity contribution in [2.45, 2.75) is 126 Å². The average Bonchev–Trinajstić information content (AvgIpc) is 3.45. The van der Waals surface area contributed by atoms with Crippen molar-refractivity contribution in [3.05, 3.63) is 0 Å². The van der Waals surface area contributed by atoms with Gasteiger partial charge in [0, 0.05) is 5.92 Å². The smallest absolute Gasteiger partial charge is 0.374 e. The van der Waals surface area contributed by atoms with E-state index in [1.165, 1.54) is 0 Å². The van der Waals surface area contributed by atoms with Gasteiger partial charge in [-0.3, -0.25) is 0 Å². The minimum Gasteiger partial charge on any atom is -0.374 e. The second-order valence-electron chi connectivity index (χ2n) is 15.0. The van der Waals surface area contributed by atoms with Crippen molar-refractivity contribution in [3.8, 4) is 0 Å². The summed E-state index contributed by atoms with van der Waals surface area (Å²) in [6.45, 7) is 1.08. The lowest BCUT2D eigenvalue weighted by molar-refractivity contribution is -0.396. The molecule has 52 heavy (non-hydrogen) atoms. The van der Waals surface area contributed by atoms with E-state index in [0.717, 1.165) is 6.92 Å². The molecule has 3 saturated carbocycles. The first kappa shape index (κ1) is 44.8. The van der Waals surface area contributed by atoms with E-state index in [-0.39, 0.29) is 13.3 Å². The lowest BCUT2D eigenvalue weighted by Crippen LogP contribution is -2.63. The predicted molar refractivity (Wildman–Crippen MR) is 134 cm³/mol. The molecule has 3 aliphatic carbocycles. The Morgan fingerprint density at radius 1 is 0.500 bits per heavy atom. The van der Waals surface area contributed by atoms with Crippen molar-refractivity contribution < 1.29 is 102 Å². The maximum atomic E-state index is 14.8. The van der Waals surface area contributed by atoms with Crippen molar-refractivity contribution in [2.75, 3.05) is 0 Å². The minimum absolute atomic E-state index is 0.0770. The van der Waals surface area contributed by atoms with Crippen LogP contribution in [0.2, 0.25) is 0 Å². The van der Waals surface area contributed by atoms with Gasteiger partial charge in [0.1, 0.15) is 0 Å². The molecule has 308 valence electrons. The van der Waals surface area contributed by atoms with Crippen LogP contribution in [-0.4, -0.2) is 64.6 Å². The van der Waals surface area contributed by atoms with E-state index >= 15 is 0 Å². The van der Waals surface area contributed by atoms with E-state index in [0.29, 0.717) is 0 Å². The molecule has 2 bridgehead atoms. The molecule has 0 heterocycles. The second-order valence-corrected chi connectivity index (χ2v) is 15.0.